The minimum absolute atomic E-state index is 0.00825. The number of aliphatic carboxylic acids is 1. The Kier molecular flexibility index (Phi) is 7.49. The van der Waals surface area contributed by atoms with Crippen LogP contribution in [0.4, 0.5) is 0 Å². The van der Waals surface area contributed by atoms with Crippen molar-refractivity contribution in [2.45, 2.75) is 77.2 Å². The van der Waals surface area contributed by atoms with Gasteiger partial charge in [0.05, 0.1) is 12.0 Å². The number of nitrogens with one attached hydrogen (secondary N) is 1. The van der Waals surface area contributed by atoms with Gasteiger partial charge in [0.25, 0.3) is 5.91 Å². The number of rotatable bonds is 8. The summed E-state index contributed by atoms with van der Waals surface area (Å²) in [7, 11) is 0. The summed E-state index contributed by atoms with van der Waals surface area (Å²) in [6, 6.07) is 9.34. The number of fused-ring (bicyclic) bond motifs is 5. The molecule has 5 rings (SSSR count). The standard InChI is InChI=1S/C32H42N2O5/c1-30-14-11-24(34-39-20-28(35)33-19-22(17-29(36)37)21-7-5-4-6-8-21)18-23(30)9-10-25-26(30)12-15-31(2)27(25)13-16-32(31,3)38/h4-8,11,14,18,22,25-27,38H,9-10,12-13,15-17,19-20H2,1-3H3,(H,33,35)(H,36,37)/t22-,25+,26-,27+,30+,31+,32+/m1/s1. The first-order valence-electron chi connectivity index (χ1n) is 14.4. The zero-order valence-electron chi connectivity index (χ0n) is 23.4. The van der Waals surface area contributed by atoms with Gasteiger partial charge < -0.3 is 20.4 Å². The van der Waals surface area contributed by atoms with Crippen LogP contribution in [0.3, 0.4) is 0 Å². The van der Waals surface area contributed by atoms with E-state index in [1.165, 1.54) is 5.57 Å². The second-order valence-electron chi connectivity index (χ2n) is 12.8. The van der Waals surface area contributed by atoms with Crippen LogP contribution in [0.2, 0.25) is 0 Å². The van der Waals surface area contributed by atoms with Crippen LogP contribution < -0.4 is 5.32 Å². The quantitative estimate of drug-likeness (QED) is 0.396. The normalized spacial score (nSPS) is 36.8. The molecular formula is C32H42N2O5. The van der Waals surface area contributed by atoms with Crippen molar-refractivity contribution in [1.29, 1.82) is 0 Å². The van der Waals surface area contributed by atoms with E-state index in [1.54, 1.807) is 0 Å². The molecule has 4 aliphatic rings. The number of carbonyl (C=O) groups is 2. The smallest absolute Gasteiger partial charge is 0.304 e. The van der Waals surface area contributed by atoms with Gasteiger partial charge in [-0.1, -0.05) is 61.0 Å². The van der Waals surface area contributed by atoms with Crippen LogP contribution in [0.25, 0.3) is 0 Å². The molecule has 3 fully saturated rings. The molecule has 0 heterocycles. The molecule has 0 radical (unpaired) electrons. The Morgan fingerprint density at radius 2 is 1.85 bits per heavy atom. The van der Waals surface area contributed by atoms with Crippen molar-refractivity contribution in [3.63, 3.8) is 0 Å². The van der Waals surface area contributed by atoms with E-state index in [2.05, 4.69) is 36.5 Å². The largest absolute Gasteiger partial charge is 0.481 e. The topological polar surface area (TPSA) is 108 Å². The molecule has 7 heteroatoms. The lowest BCUT2D eigenvalue weighted by Gasteiger charge is -2.58. The van der Waals surface area contributed by atoms with Crippen LogP contribution in [-0.4, -0.2) is 46.6 Å². The SMILES string of the molecule is C[C@]12C=CC(=NOCC(=O)NC[C@@H](CC(=O)O)c3ccccc3)C=C1CC[C@H]1[C@H]2CC[C@@]2(C)[C@H]1CC[C@]2(C)O. The number of carboxylic acid groups (broad SMARTS) is 1. The molecular weight excluding hydrogens is 492 g/mol. The highest BCUT2D eigenvalue weighted by molar-refractivity contribution is 6.05. The van der Waals surface area contributed by atoms with Gasteiger partial charge in [-0.3, -0.25) is 9.59 Å². The molecule has 0 bridgehead atoms. The number of oxime groups is 1. The predicted octanol–water partition coefficient (Wildman–Crippen LogP) is 5.22. The molecule has 1 amide bonds. The van der Waals surface area contributed by atoms with Gasteiger partial charge in [-0.2, -0.15) is 0 Å². The summed E-state index contributed by atoms with van der Waals surface area (Å²) in [5, 5.41) is 27.4. The average Bonchev–Trinajstić information content (AvgIpc) is 3.15. The molecule has 7 atom stereocenters. The Labute approximate surface area is 231 Å². The minimum Gasteiger partial charge on any atom is -0.481 e. The minimum atomic E-state index is -0.906. The second kappa shape index (κ2) is 10.6. The summed E-state index contributed by atoms with van der Waals surface area (Å²) in [6.45, 7) is 6.71. The fourth-order valence-corrected chi connectivity index (χ4v) is 8.21. The summed E-state index contributed by atoms with van der Waals surface area (Å²) in [5.41, 5.74) is 2.41. The molecule has 0 aromatic heterocycles. The van der Waals surface area contributed by atoms with Crippen LogP contribution in [0.15, 0.2) is 59.3 Å². The summed E-state index contributed by atoms with van der Waals surface area (Å²) in [6.07, 6.45) is 12.7. The predicted molar refractivity (Wildman–Crippen MR) is 150 cm³/mol. The second-order valence-corrected chi connectivity index (χ2v) is 12.8. The maximum Gasteiger partial charge on any atom is 0.304 e. The molecule has 1 aromatic carbocycles. The van der Waals surface area contributed by atoms with E-state index in [1.807, 2.05) is 43.3 Å². The van der Waals surface area contributed by atoms with Gasteiger partial charge in [0.2, 0.25) is 0 Å². The molecule has 0 unspecified atom stereocenters. The van der Waals surface area contributed by atoms with Crippen molar-refractivity contribution in [2.75, 3.05) is 13.2 Å². The highest BCUT2D eigenvalue weighted by Gasteiger charge is 2.61. The number of nitrogens with zero attached hydrogens (tertiary/aromatic N) is 1. The van der Waals surface area contributed by atoms with E-state index in [0.29, 0.717) is 23.5 Å². The van der Waals surface area contributed by atoms with Gasteiger partial charge in [-0.25, -0.2) is 0 Å². The van der Waals surface area contributed by atoms with Crippen molar-refractivity contribution in [3.8, 4) is 0 Å². The fourth-order valence-electron chi connectivity index (χ4n) is 8.21. The molecule has 3 N–H and O–H groups in total. The maximum absolute atomic E-state index is 12.4. The molecule has 4 aliphatic carbocycles. The molecule has 210 valence electrons. The van der Waals surface area contributed by atoms with Crippen LogP contribution in [0.1, 0.15) is 77.2 Å². The molecule has 1 aromatic rings. The van der Waals surface area contributed by atoms with Crippen LogP contribution >= 0.6 is 0 Å². The molecule has 0 aliphatic heterocycles. The fraction of sp³-hybridized carbons (Fsp3) is 0.594. The van der Waals surface area contributed by atoms with Crippen molar-refractivity contribution in [3.05, 3.63) is 59.7 Å². The first-order valence-corrected chi connectivity index (χ1v) is 14.4. The van der Waals surface area contributed by atoms with Crippen molar-refractivity contribution < 1.29 is 24.6 Å². The Hall–Kier alpha value is -2.93. The highest BCUT2D eigenvalue weighted by atomic mass is 16.6. The average molecular weight is 535 g/mol. The lowest BCUT2D eigenvalue weighted by atomic mass is 9.47. The molecule has 7 nitrogen and oxygen atoms in total. The van der Waals surface area contributed by atoms with Crippen molar-refractivity contribution >= 4 is 17.6 Å². The third-order valence-electron chi connectivity index (χ3n) is 10.7. The Morgan fingerprint density at radius 1 is 1.10 bits per heavy atom. The van der Waals surface area contributed by atoms with Crippen molar-refractivity contribution in [1.82, 2.24) is 5.32 Å². The van der Waals surface area contributed by atoms with Gasteiger partial charge in [-0.15, -0.1) is 0 Å². The Morgan fingerprint density at radius 3 is 2.59 bits per heavy atom. The van der Waals surface area contributed by atoms with Crippen LogP contribution in [0, 0.1) is 28.6 Å². The number of aliphatic hydroxyl groups is 1. The van der Waals surface area contributed by atoms with E-state index in [0.717, 1.165) is 44.1 Å². The van der Waals surface area contributed by atoms with Gasteiger partial charge in [0, 0.05) is 17.9 Å². The number of allylic oxidation sites excluding steroid dienone is 4. The summed E-state index contributed by atoms with van der Waals surface area (Å²) in [5.74, 6) is 0.219. The van der Waals surface area contributed by atoms with E-state index in [4.69, 9.17) is 4.84 Å². The number of benzene rings is 1. The van der Waals surface area contributed by atoms with Crippen LogP contribution in [-0.2, 0) is 14.4 Å². The monoisotopic (exact) mass is 534 g/mol. The van der Waals surface area contributed by atoms with Crippen LogP contribution in [0.5, 0.6) is 0 Å². The first-order chi connectivity index (χ1) is 18.5. The van der Waals surface area contributed by atoms with E-state index in [9.17, 15) is 19.8 Å². The van der Waals surface area contributed by atoms with Gasteiger partial charge >= 0.3 is 5.97 Å². The van der Waals surface area contributed by atoms with Gasteiger partial charge in [-0.05, 0) is 86.3 Å². The van der Waals surface area contributed by atoms with Crippen molar-refractivity contribution in [2.24, 2.45) is 33.7 Å². The summed E-state index contributed by atoms with van der Waals surface area (Å²) < 4.78 is 0. The Balaban J connectivity index is 1.17. The molecule has 0 saturated heterocycles. The first kappa shape index (κ1) is 27.6. The zero-order valence-corrected chi connectivity index (χ0v) is 23.4. The number of carbonyl (C=O) groups excluding carboxylic acids is 1. The maximum atomic E-state index is 12.4. The third-order valence-corrected chi connectivity index (χ3v) is 10.7. The van der Waals surface area contributed by atoms with E-state index >= 15 is 0 Å². The summed E-state index contributed by atoms with van der Waals surface area (Å²) in [4.78, 5) is 29.1. The van der Waals surface area contributed by atoms with Gasteiger partial charge in [0.15, 0.2) is 6.61 Å². The number of amides is 1. The lowest BCUT2D eigenvalue weighted by molar-refractivity contribution is -0.137. The highest BCUT2D eigenvalue weighted by Crippen LogP contribution is 2.66. The molecule has 3 saturated carbocycles. The Bertz CT molecular complexity index is 1190. The molecule has 39 heavy (non-hydrogen) atoms. The number of hydrogen-bond donors (Lipinski definition) is 3. The lowest BCUT2D eigenvalue weighted by Crippen LogP contribution is -2.53. The van der Waals surface area contributed by atoms with E-state index < -0.39 is 11.6 Å². The summed E-state index contributed by atoms with van der Waals surface area (Å²) >= 11 is 0. The number of carboxylic acids is 1. The molecule has 0 spiro atoms. The van der Waals surface area contributed by atoms with E-state index in [-0.39, 0.29) is 42.2 Å². The number of hydrogen-bond acceptors (Lipinski definition) is 5. The third kappa shape index (κ3) is 5.18. The van der Waals surface area contributed by atoms with Gasteiger partial charge in [0.1, 0.15) is 5.71 Å². The zero-order chi connectivity index (χ0) is 27.8.